The Morgan fingerprint density at radius 2 is 1.53 bits per heavy atom. The Labute approximate surface area is 213 Å². The number of hydrogen-bond acceptors (Lipinski definition) is 4. The fourth-order valence-electron chi connectivity index (χ4n) is 3.78. The van der Waals surface area contributed by atoms with E-state index in [1.54, 1.807) is 12.1 Å². The molecule has 1 saturated heterocycles. The lowest BCUT2D eigenvalue weighted by Gasteiger charge is -2.36. The van der Waals surface area contributed by atoms with Gasteiger partial charge in [0.25, 0.3) is 11.8 Å². The van der Waals surface area contributed by atoms with Gasteiger partial charge in [-0.15, -0.1) is 0 Å². The number of aryl methyl sites for hydroxylation is 1. The lowest BCUT2D eigenvalue weighted by Crippen LogP contribution is -2.48. The summed E-state index contributed by atoms with van der Waals surface area (Å²) in [6, 6.07) is 22.8. The molecule has 0 aromatic heterocycles. The van der Waals surface area contributed by atoms with Gasteiger partial charge in [-0.2, -0.15) is 0 Å². The first-order valence-electron chi connectivity index (χ1n) is 11.0. The first-order valence-corrected chi connectivity index (χ1v) is 12.2. The van der Waals surface area contributed by atoms with Crippen LogP contribution in [-0.2, 0) is 0 Å². The molecule has 8 heteroatoms. The molecule has 34 heavy (non-hydrogen) atoms. The van der Waals surface area contributed by atoms with Crippen LogP contribution in [-0.4, -0.2) is 48.0 Å². The summed E-state index contributed by atoms with van der Waals surface area (Å²) in [5, 5.41) is 5.98. The fraction of sp³-hybridized carbons (Fsp3) is 0.192. The van der Waals surface area contributed by atoms with Gasteiger partial charge in [0, 0.05) is 47.6 Å². The van der Waals surface area contributed by atoms with E-state index in [1.807, 2.05) is 72.5 Å². The van der Waals surface area contributed by atoms with Crippen molar-refractivity contribution in [3.63, 3.8) is 0 Å². The third kappa shape index (κ3) is 5.81. The zero-order valence-corrected chi connectivity index (χ0v) is 21.2. The second-order valence-corrected chi connectivity index (χ2v) is 9.34. The van der Waals surface area contributed by atoms with Crippen molar-refractivity contribution in [1.82, 2.24) is 10.2 Å². The maximum Gasteiger partial charge on any atom is 0.258 e. The summed E-state index contributed by atoms with van der Waals surface area (Å²) < 4.78 is 0.709. The van der Waals surface area contributed by atoms with Crippen LogP contribution < -0.4 is 15.5 Å². The minimum Gasteiger partial charge on any atom is -0.368 e. The van der Waals surface area contributed by atoms with E-state index in [2.05, 4.69) is 31.5 Å². The Balaban J connectivity index is 1.29. The molecular weight excluding hydrogens is 512 g/mol. The van der Waals surface area contributed by atoms with Gasteiger partial charge in [0.15, 0.2) is 5.11 Å². The number of piperazine rings is 1. The highest BCUT2D eigenvalue weighted by Crippen LogP contribution is 2.21. The average molecular weight is 537 g/mol. The molecule has 1 fully saturated rings. The van der Waals surface area contributed by atoms with Crippen LogP contribution in [0.2, 0.25) is 0 Å². The highest BCUT2D eigenvalue weighted by atomic mass is 79.9. The summed E-state index contributed by atoms with van der Waals surface area (Å²) >= 11 is 8.67. The van der Waals surface area contributed by atoms with Crippen molar-refractivity contribution in [2.75, 3.05) is 36.4 Å². The molecule has 6 nitrogen and oxygen atoms in total. The van der Waals surface area contributed by atoms with E-state index in [0.717, 1.165) is 35.6 Å². The Bertz CT molecular complexity index is 1190. The Morgan fingerprint density at radius 3 is 2.18 bits per heavy atom. The van der Waals surface area contributed by atoms with E-state index in [-0.39, 0.29) is 16.9 Å². The van der Waals surface area contributed by atoms with Gasteiger partial charge in [-0.3, -0.25) is 14.9 Å². The number of carbonyl (C=O) groups excluding carboxylic acids is 2. The molecule has 2 amide bonds. The van der Waals surface area contributed by atoms with Crippen LogP contribution in [0.25, 0.3) is 0 Å². The molecule has 0 radical (unpaired) electrons. The second-order valence-electron chi connectivity index (χ2n) is 8.08. The first-order chi connectivity index (χ1) is 16.4. The molecule has 1 heterocycles. The molecule has 0 aliphatic carbocycles. The van der Waals surface area contributed by atoms with E-state index < -0.39 is 0 Å². The number of amides is 2. The first kappa shape index (κ1) is 23.9. The minimum atomic E-state index is -0.278. The molecule has 1 aliphatic heterocycles. The molecule has 0 unspecified atom stereocenters. The number of nitrogens with one attached hydrogen (secondary N) is 2. The van der Waals surface area contributed by atoms with E-state index >= 15 is 0 Å². The number of rotatable bonds is 4. The van der Waals surface area contributed by atoms with Gasteiger partial charge in [0.2, 0.25) is 0 Å². The fourth-order valence-corrected chi connectivity index (χ4v) is 4.46. The van der Waals surface area contributed by atoms with Crippen molar-refractivity contribution in [2.24, 2.45) is 0 Å². The summed E-state index contributed by atoms with van der Waals surface area (Å²) in [7, 11) is 0. The lowest BCUT2D eigenvalue weighted by molar-refractivity contribution is 0.0746. The molecule has 0 spiro atoms. The van der Waals surface area contributed by atoms with Crippen molar-refractivity contribution in [1.29, 1.82) is 0 Å². The van der Waals surface area contributed by atoms with Gasteiger partial charge in [-0.05, 0) is 83.6 Å². The zero-order chi connectivity index (χ0) is 24.1. The molecule has 2 N–H and O–H groups in total. The lowest BCUT2D eigenvalue weighted by atomic mass is 10.1. The predicted octanol–water partition coefficient (Wildman–Crippen LogP) is 4.85. The largest absolute Gasteiger partial charge is 0.368 e. The molecule has 4 rings (SSSR count). The molecule has 3 aromatic rings. The molecule has 0 saturated carbocycles. The smallest absolute Gasteiger partial charge is 0.258 e. The molecular formula is C26H25BrN4O2S. The summed E-state index contributed by atoms with van der Waals surface area (Å²) in [6.45, 7) is 4.91. The number of benzene rings is 3. The van der Waals surface area contributed by atoms with E-state index in [1.165, 1.54) is 0 Å². The van der Waals surface area contributed by atoms with Crippen LogP contribution in [0.5, 0.6) is 0 Å². The van der Waals surface area contributed by atoms with Crippen LogP contribution in [0.3, 0.4) is 0 Å². The third-order valence-electron chi connectivity index (χ3n) is 5.70. The van der Waals surface area contributed by atoms with E-state index in [0.29, 0.717) is 23.1 Å². The number of thiocarbonyl (C=S) groups is 1. The van der Waals surface area contributed by atoms with Gasteiger partial charge in [0.05, 0.1) is 5.56 Å². The third-order valence-corrected chi connectivity index (χ3v) is 6.60. The van der Waals surface area contributed by atoms with Crippen LogP contribution in [0.15, 0.2) is 77.3 Å². The van der Waals surface area contributed by atoms with Gasteiger partial charge >= 0.3 is 0 Å². The second kappa shape index (κ2) is 10.8. The van der Waals surface area contributed by atoms with Crippen molar-refractivity contribution in [2.45, 2.75) is 6.92 Å². The number of hydrogen-bond donors (Lipinski definition) is 2. The molecule has 1 aliphatic rings. The topological polar surface area (TPSA) is 64.7 Å². The maximum atomic E-state index is 12.7. The molecule has 0 bridgehead atoms. The molecule has 3 aromatic carbocycles. The molecule has 174 valence electrons. The van der Waals surface area contributed by atoms with Crippen molar-refractivity contribution in [3.05, 3.63) is 94.0 Å². The highest BCUT2D eigenvalue weighted by Gasteiger charge is 2.22. The zero-order valence-electron chi connectivity index (χ0n) is 18.8. The molecule has 0 atom stereocenters. The average Bonchev–Trinajstić information content (AvgIpc) is 2.85. The Kier molecular flexibility index (Phi) is 7.59. The number of nitrogens with zero attached hydrogens (tertiary/aromatic N) is 2. The van der Waals surface area contributed by atoms with Gasteiger partial charge < -0.3 is 15.1 Å². The summed E-state index contributed by atoms with van der Waals surface area (Å²) in [5.74, 6) is -0.197. The quantitative estimate of drug-likeness (QED) is 0.467. The van der Waals surface area contributed by atoms with Crippen LogP contribution in [0.4, 0.5) is 11.4 Å². The Hall–Kier alpha value is -3.23. The van der Waals surface area contributed by atoms with Gasteiger partial charge in [0.1, 0.15) is 0 Å². The standard InChI is InChI=1S/C26H25BrN4O2S/c1-18-6-8-19(9-7-18)25(33)31-16-14-30(15-17-31)21-12-10-20(11-13-21)28-26(34)29-24(32)22-4-2-3-5-23(22)27/h2-13H,14-17H2,1H3,(H2,28,29,32,34). The van der Waals surface area contributed by atoms with Crippen LogP contribution >= 0.6 is 28.1 Å². The normalized spacial score (nSPS) is 13.4. The van der Waals surface area contributed by atoms with Gasteiger partial charge in [-0.25, -0.2) is 0 Å². The number of halogens is 1. The highest BCUT2D eigenvalue weighted by molar-refractivity contribution is 9.10. The van der Waals surface area contributed by atoms with Crippen molar-refractivity contribution < 1.29 is 9.59 Å². The summed E-state index contributed by atoms with van der Waals surface area (Å²) in [4.78, 5) is 29.3. The minimum absolute atomic E-state index is 0.0808. The van der Waals surface area contributed by atoms with E-state index in [9.17, 15) is 9.59 Å². The van der Waals surface area contributed by atoms with Crippen LogP contribution in [0.1, 0.15) is 26.3 Å². The van der Waals surface area contributed by atoms with Crippen LogP contribution in [0, 0.1) is 6.92 Å². The van der Waals surface area contributed by atoms with Crippen molar-refractivity contribution in [3.8, 4) is 0 Å². The van der Waals surface area contributed by atoms with Gasteiger partial charge in [-0.1, -0.05) is 29.8 Å². The summed E-state index contributed by atoms with van der Waals surface area (Å²) in [6.07, 6.45) is 0. The van der Waals surface area contributed by atoms with E-state index in [4.69, 9.17) is 12.2 Å². The monoisotopic (exact) mass is 536 g/mol. The number of anilines is 2. The summed E-state index contributed by atoms with van der Waals surface area (Å²) in [5.41, 5.74) is 4.26. The SMILES string of the molecule is Cc1ccc(C(=O)N2CCN(c3ccc(NC(=S)NC(=O)c4ccccc4Br)cc3)CC2)cc1. The predicted molar refractivity (Wildman–Crippen MR) is 144 cm³/mol. The maximum absolute atomic E-state index is 12.7. The number of carbonyl (C=O) groups is 2. The Morgan fingerprint density at radius 1 is 0.882 bits per heavy atom. The van der Waals surface area contributed by atoms with Crippen molar-refractivity contribution >= 4 is 56.4 Å².